The Balaban J connectivity index is 0.00000364. The molecule has 0 saturated heterocycles. The first-order valence-electron chi connectivity index (χ1n) is 8.78. The van der Waals surface area contributed by atoms with Gasteiger partial charge in [-0.1, -0.05) is 6.07 Å². The van der Waals surface area contributed by atoms with Crippen LogP contribution in [0.1, 0.15) is 25.2 Å². The number of nitrogens with zero attached hydrogens (tertiary/aromatic N) is 6. The van der Waals surface area contributed by atoms with Crippen LogP contribution in [-0.4, -0.2) is 52.8 Å². The molecule has 0 aliphatic heterocycles. The van der Waals surface area contributed by atoms with Gasteiger partial charge in [0.05, 0.1) is 12.2 Å². The van der Waals surface area contributed by atoms with Crippen LogP contribution < -0.4 is 10.2 Å². The van der Waals surface area contributed by atoms with Gasteiger partial charge < -0.3 is 15.1 Å². The Morgan fingerprint density at radius 1 is 1.30 bits per heavy atom. The lowest BCUT2D eigenvalue weighted by Gasteiger charge is -2.23. The number of hydrogen-bond donors (Lipinski definition) is 1. The SMILES string of the molecule is CCN(CC)c1ccc(CNC(=NC)N(C)Cc2ncnn2C)cc1F.I. The monoisotopic (exact) mass is 489 g/mol. The molecule has 2 aromatic rings. The van der Waals surface area contributed by atoms with E-state index in [9.17, 15) is 4.39 Å². The highest BCUT2D eigenvalue weighted by atomic mass is 127. The second-order valence-electron chi connectivity index (χ2n) is 6.01. The molecule has 0 aliphatic rings. The van der Waals surface area contributed by atoms with Crippen molar-refractivity contribution < 1.29 is 4.39 Å². The van der Waals surface area contributed by atoms with Gasteiger partial charge in [0.2, 0.25) is 0 Å². The highest BCUT2D eigenvalue weighted by molar-refractivity contribution is 14.0. The van der Waals surface area contributed by atoms with Crippen molar-refractivity contribution in [1.29, 1.82) is 0 Å². The molecule has 0 bridgehead atoms. The summed E-state index contributed by atoms with van der Waals surface area (Å²) in [5.41, 5.74) is 1.51. The Morgan fingerprint density at radius 2 is 2.00 bits per heavy atom. The van der Waals surface area contributed by atoms with Crippen molar-refractivity contribution in [3.8, 4) is 0 Å². The minimum Gasteiger partial charge on any atom is -0.370 e. The van der Waals surface area contributed by atoms with E-state index in [1.165, 1.54) is 6.33 Å². The molecule has 0 spiro atoms. The van der Waals surface area contributed by atoms with Gasteiger partial charge in [0.15, 0.2) is 5.96 Å². The maximum atomic E-state index is 14.4. The van der Waals surface area contributed by atoms with Crippen LogP contribution in [0.2, 0.25) is 0 Å². The van der Waals surface area contributed by atoms with Crippen molar-refractivity contribution in [2.45, 2.75) is 26.9 Å². The summed E-state index contributed by atoms with van der Waals surface area (Å²) in [5.74, 6) is 1.35. The lowest BCUT2D eigenvalue weighted by atomic mass is 10.2. The summed E-state index contributed by atoms with van der Waals surface area (Å²) in [7, 11) is 5.50. The van der Waals surface area contributed by atoms with Gasteiger partial charge in [-0.25, -0.2) is 9.37 Å². The first kappa shape index (κ1) is 23.1. The van der Waals surface area contributed by atoms with Crippen LogP contribution in [0.4, 0.5) is 10.1 Å². The molecule has 0 unspecified atom stereocenters. The number of guanidine groups is 1. The summed E-state index contributed by atoms with van der Waals surface area (Å²) in [6, 6.07) is 5.36. The zero-order valence-corrected chi connectivity index (χ0v) is 18.9. The van der Waals surface area contributed by atoms with Crippen LogP contribution >= 0.6 is 24.0 Å². The van der Waals surface area contributed by atoms with Crippen LogP contribution in [0.3, 0.4) is 0 Å². The maximum absolute atomic E-state index is 14.4. The van der Waals surface area contributed by atoms with E-state index in [4.69, 9.17) is 0 Å². The van der Waals surface area contributed by atoms with Gasteiger partial charge in [0.1, 0.15) is 18.0 Å². The molecule has 27 heavy (non-hydrogen) atoms. The number of nitrogens with one attached hydrogen (secondary N) is 1. The first-order chi connectivity index (χ1) is 12.5. The Hall–Kier alpha value is -1.91. The van der Waals surface area contributed by atoms with Gasteiger partial charge in [-0.2, -0.15) is 5.10 Å². The summed E-state index contributed by atoms with van der Waals surface area (Å²) in [5, 5.41) is 7.33. The van der Waals surface area contributed by atoms with Crippen molar-refractivity contribution in [2.24, 2.45) is 12.0 Å². The van der Waals surface area contributed by atoms with E-state index in [0.29, 0.717) is 24.7 Å². The van der Waals surface area contributed by atoms with Crippen molar-refractivity contribution in [1.82, 2.24) is 25.0 Å². The molecule has 2 rings (SSSR count). The van der Waals surface area contributed by atoms with E-state index in [1.807, 2.05) is 49.9 Å². The molecule has 7 nitrogen and oxygen atoms in total. The third-order valence-corrected chi connectivity index (χ3v) is 4.32. The predicted octanol–water partition coefficient (Wildman–Crippen LogP) is 2.63. The Kier molecular flexibility index (Phi) is 9.47. The topological polar surface area (TPSA) is 61.6 Å². The summed E-state index contributed by atoms with van der Waals surface area (Å²) >= 11 is 0. The number of benzene rings is 1. The zero-order chi connectivity index (χ0) is 19.1. The fourth-order valence-electron chi connectivity index (χ4n) is 2.80. The van der Waals surface area contributed by atoms with Crippen LogP contribution in [0, 0.1) is 5.82 Å². The number of aryl methyl sites for hydroxylation is 1. The Bertz CT molecular complexity index is 743. The van der Waals surface area contributed by atoms with E-state index in [-0.39, 0.29) is 29.8 Å². The van der Waals surface area contributed by atoms with Crippen molar-refractivity contribution in [3.63, 3.8) is 0 Å². The Morgan fingerprint density at radius 3 is 2.52 bits per heavy atom. The molecule has 150 valence electrons. The van der Waals surface area contributed by atoms with Gasteiger partial charge in [-0.15, -0.1) is 24.0 Å². The Labute approximate surface area is 177 Å². The number of anilines is 1. The summed E-state index contributed by atoms with van der Waals surface area (Å²) < 4.78 is 16.1. The number of hydrogen-bond acceptors (Lipinski definition) is 4. The molecule has 9 heteroatoms. The third-order valence-electron chi connectivity index (χ3n) is 4.32. The minimum absolute atomic E-state index is 0. The molecule has 0 saturated carbocycles. The van der Waals surface area contributed by atoms with Crippen molar-refractivity contribution in [2.75, 3.05) is 32.1 Å². The number of rotatable bonds is 7. The van der Waals surface area contributed by atoms with Gasteiger partial charge >= 0.3 is 0 Å². The predicted molar refractivity (Wildman–Crippen MR) is 118 cm³/mol. The summed E-state index contributed by atoms with van der Waals surface area (Å²) in [6.45, 7) is 6.68. The maximum Gasteiger partial charge on any atom is 0.194 e. The second-order valence-corrected chi connectivity index (χ2v) is 6.01. The molecule has 1 aromatic carbocycles. The van der Waals surface area contributed by atoms with Crippen LogP contribution in [0.25, 0.3) is 0 Å². The van der Waals surface area contributed by atoms with E-state index in [0.717, 1.165) is 24.5 Å². The largest absolute Gasteiger partial charge is 0.370 e. The van der Waals surface area contributed by atoms with Crippen LogP contribution in [0.15, 0.2) is 29.5 Å². The highest BCUT2D eigenvalue weighted by Gasteiger charge is 2.12. The first-order valence-corrected chi connectivity index (χ1v) is 8.78. The average Bonchev–Trinajstić information content (AvgIpc) is 3.03. The van der Waals surface area contributed by atoms with Crippen molar-refractivity contribution >= 4 is 35.6 Å². The van der Waals surface area contributed by atoms with Gasteiger partial charge in [0.25, 0.3) is 0 Å². The number of halogens is 2. The minimum atomic E-state index is -0.199. The fraction of sp³-hybridized carbons (Fsp3) is 0.500. The van der Waals surface area contributed by atoms with E-state index in [1.54, 1.807) is 17.8 Å². The fourth-order valence-corrected chi connectivity index (χ4v) is 2.80. The quantitative estimate of drug-likeness (QED) is 0.368. The third kappa shape index (κ3) is 6.05. The lowest BCUT2D eigenvalue weighted by Crippen LogP contribution is -2.38. The number of aliphatic imine (C=N–C) groups is 1. The molecule has 1 heterocycles. The molecular formula is C18H29FIN7. The van der Waals surface area contributed by atoms with Gasteiger partial charge in [-0.05, 0) is 31.5 Å². The smallest absolute Gasteiger partial charge is 0.194 e. The molecule has 0 fully saturated rings. The molecular weight excluding hydrogens is 460 g/mol. The van der Waals surface area contributed by atoms with E-state index in [2.05, 4.69) is 20.4 Å². The molecule has 0 amide bonds. The number of aromatic nitrogens is 3. The molecule has 1 N–H and O–H groups in total. The van der Waals surface area contributed by atoms with Crippen LogP contribution in [-0.2, 0) is 20.1 Å². The van der Waals surface area contributed by atoms with E-state index >= 15 is 0 Å². The molecule has 0 radical (unpaired) electrons. The second kappa shape index (κ2) is 11.1. The molecule has 0 aliphatic carbocycles. The zero-order valence-electron chi connectivity index (χ0n) is 16.6. The van der Waals surface area contributed by atoms with E-state index < -0.39 is 0 Å². The average molecular weight is 489 g/mol. The normalized spacial score (nSPS) is 11.1. The van der Waals surface area contributed by atoms with Crippen molar-refractivity contribution in [3.05, 3.63) is 41.7 Å². The van der Waals surface area contributed by atoms with Gasteiger partial charge in [0, 0.05) is 40.8 Å². The van der Waals surface area contributed by atoms with Gasteiger partial charge in [-0.3, -0.25) is 9.67 Å². The highest BCUT2D eigenvalue weighted by Crippen LogP contribution is 2.20. The standard InChI is InChI=1S/C18H28FN7.HI/c1-6-26(7-2)16-9-8-14(10-15(16)19)11-21-18(20-3)24(4)12-17-22-13-23-25(17)5;/h8-10,13H,6-7,11-12H2,1-5H3,(H,20,21);1H. The lowest BCUT2D eigenvalue weighted by molar-refractivity contribution is 0.448. The van der Waals surface area contributed by atoms with Crippen LogP contribution in [0.5, 0.6) is 0 Å². The summed E-state index contributed by atoms with van der Waals surface area (Å²) in [4.78, 5) is 12.4. The molecule has 0 atom stereocenters. The molecule has 1 aromatic heterocycles. The summed E-state index contributed by atoms with van der Waals surface area (Å²) in [6.07, 6.45) is 1.53.